The SMILES string of the molecule is Cc1ccc(Cl)cc1Nc1cc(-c2ccccc2)nc(NCCCN(C)C)n1. The fraction of sp³-hybridized carbons (Fsp3) is 0.273. The van der Waals surface area contributed by atoms with Crippen LogP contribution in [-0.4, -0.2) is 42.1 Å². The molecule has 1 heterocycles. The third kappa shape index (κ3) is 5.68. The Labute approximate surface area is 171 Å². The number of aryl methyl sites for hydroxylation is 1. The van der Waals surface area contributed by atoms with E-state index in [9.17, 15) is 0 Å². The zero-order valence-corrected chi connectivity index (χ0v) is 17.3. The first kappa shape index (κ1) is 20.1. The van der Waals surface area contributed by atoms with E-state index in [1.54, 1.807) is 0 Å². The predicted molar refractivity (Wildman–Crippen MR) is 119 cm³/mol. The number of hydrogen-bond donors (Lipinski definition) is 2. The molecule has 3 rings (SSSR count). The number of rotatable bonds is 8. The number of halogens is 1. The van der Waals surface area contributed by atoms with Crippen molar-refractivity contribution in [2.24, 2.45) is 0 Å². The van der Waals surface area contributed by atoms with Gasteiger partial charge in [0.1, 0.15) is 5.82 Å². The molecular weight excluding hydrogens is 370 g/mol. The second-order valence-electron chi connectivity index (χ2n) is 7.00. The van der Waals surface area contributed by atoms with E-state index in [0.29, 0.717) is 11.0 Å². The summed E-state index contributed by atoms with van der Waals surface area (Å²) in [7, 11) is 4.14. The first-order valence-corrected chi connectivity index (χ1v) is 9.75. The minimum absolute atomic E-state index is 0.613. The Morgan fingerprint density at radius 1 is 1.00 bits per heavy atom. The van der Waals surface area contributed by atoms with Crippen molar-refractivity contribution in [2.75, 3.05) is 37.8 Å². The normalized spacial score (nSPS) is 10.9. The first-order valence-electron chi connectivity index (χ1n) is 9.37. The van der Waals surface area contributed by atoms with Crippen LogP contribution in [0.5, 0.6) is 0 Å². The topological polar surface area (TPSA) is 53.1 Å². The van der Waals surface area contributed by atoms with Crippen LogP contribution < -0.4 is 10.6 Å². The Kier molecular flexibility index (Phi) is 6.85. The molecule has 0 bridgehead atoms. The maximum atomic E-state index is 6.16. The quantitative estimate of drug-likeness (QED) is 0.512. The molecule has 0 aliphatic heterocycles. The molecule has 6 heteroatoms. The summed E-state index contributed by atoms with van der Waals surface area (Å²) in [4.78, 5) is 11.5. The van der Waals surface area contributed by atoms with Crippen LogP contribution in [0.3, 0.4) is 0 Å². The van der Waals surface area contributed by atoms with Crippen molar-refractivity contribution >= 4 is 29.1 Å². The van der Waals surface area contributed by atoms with Crippen LogP contribution >= 0.6 is 11.6 Å². The third-order valence-electron chi connectivity index (χ3n) is 4.32. The largest absolute Gasteiger partial charge is 0.354 e. The van der Waals surface area contributed by atoms with Gasteiger partial charge in [0, 0.05) is 28.9 Å². The monoisotopic (exact) mass is 395 g/mol. The molecule has 2 aromatic carbocycles. The summed E-state index contributed by atoms with van der Waals surface area (Å²) in [5.74, 6) is 1.34. The number of aromatic nitrogens is 2. The van der Waals surface area contributed by atoms with Gasteiger partial charge >= 0.3 is 0 Å². The standard InChI is InChI=1S/C22H26ClN5/c1-16-10-11-18(23)14-19(16)25-21-15-20(17-8-5-4-6-9-17)26-22(27-21)24-12-7-13-28(2)3/h4-6,8-11,14-15H,7,12-13H2,1-3H3,(H2,24,25,26,27). The second-order valence-corrected chi connectivity index (χ2v) is 7.43. The molecule has 0 unspecified atom stereocenters. The van der Waals surface area contributed by atoms with Crippen LogP contribution in [0.2, 0.25) is 5.02 Å². The van der Waals surface area contributed by atoms with Crippen molar-refractivity contribution in [1.82, 2.24) is 14.9 Å². The zero-order valence-electron chi connectivity index (χ0n) is 16.5. The number of hydrogen-bond acceptors (Lipinski definition) is 5. The molecule has 2 N–H and O–H groups in total. The second kappa shape index (κ2) is 9.53. The van der Waals surface area contributed by atoms with Crippen molar-refractivity contribution in [3.63, 3.8) is 0 Å². The maximum absolute atomic E-state index is 6.16. The molecule has 0 fully saturated rings. The zero-order chi connectivity index (χ0) is 19.9. The summed E-state index contributed by atoms with van der Waals surface area (Å²) in [6, 6.07) is 17.9. The summed E-state index contributed by atoms with van der Waals surface area (Å²) in [6.07, 6.45) is 1.02. The highest BCUT2D eigenvalue weighted by Crippen LogP contribution is 2.26. The van der Waals surface area contributed by atoms with E-state index in [0.717, 1.165) is 47.8 Å². The summed E-state index contributed by atoms with van der Waals surface area (Å²) >= 11 is 6.16. The Hall–Kier alpha value is -2.63. The van der Waals surface area contributed by atoms with Gasteiger partial charge in [-0.15, -0.1) is 0 Å². The molecule has 0 saturated carbocycles. The van der Waals surface area contributed by atoms with E-state index in [2.05, 4.69) is 34.6 Å². The van der Waals surface area contributed by atoms with Gasteiger partial charge in [0.25, 0.3) is 0 Å². The molecule has 0 spiro atoms. The third-order valence-corrected chi connectivity index (χ3v) is 4.56. The molecule has 5 nitrogen and oxygen atoms in total. The van der Waals surface area contributed by atoms with E-state index < -0.39 is 0 Å². The van der Waals surface area contributed by atoms with Crippen molar-refractivity contribution in [3.8, 4) is 11.3 Å². The highest BCUT2D eigenvalue weighted by Gasteiger charge is 2.08. The number of nitrogens with one attached hydrogen (secondary N) is 2. The Morgan fingerprint density at radius 2 is 1.79 bits per heavy atom. The van der Waals surface area contributed by atoms with Gasteiger partial charge in [0.15, 0.2) is 0 Å². The lowest BCUT2D eigenvalue weighted by molar-refractivity contribution is 0.405. The van der Waals surface area contributed by atoms with Crippen LogP contribution in [0.25, 0.3) is 11.3 Å². The fourth-order valence-corrected chi connectivity index (χ4v) is 2.98. The number of nitrogens with zero attached hydrogens (tertiary/aromatic N) is 3. The van der Waals surface area contributed by atoms with E-state index >= 15 is 0 Å². The summed E-state index contributed by atoms with van der Waals surface area (Å²) in [6.45, 7) is 3.86. The van der Waals surface area contributed by atoms with Gasteiger partial charge in [0.2, 0.25) is 5.95 Å². The van der Waals surface area contributed by atoms with Crippen molar-refractivity contribution in [1.29, 1.82) is 0 Å². The fourth-order valence-electron chi connectivity index (χ4n) is 2.81. The lowest BCUT2D eigenvalue weighted by atomic mass is 10.1. The molecule has 0 radical (unpaired) electrons. The predicted octanol–water partition coefficient (Wildman–Crippen LogP) is 5.21. The van der Waals surface area contributed by atoms with Gasteiger partial charge < -0.3 is 15.5 Å². The number of benzene rings is 2. The highest BCUT2D eigenvalue weighted by atomic mass is 35.5. The molecule has 0 saturated heterocycles. The molecule has 3 aromatic rings. The van der Waals surface area contributed by atoms with Gasteiger partial charge in [-0.1, -0.05) is 48.0 Å². The van der Waals surface area contributed by atoms with Crippen molar-refractivity contribution < 1.29 is 0 Å². The Bertz CT molecular complexity index is 912. The molecule has 0 amide bonds. The van der Waals surface area contributed by atoms with Crippen molar-refractivity contribution in [2.45, 2.75) is 13.3 Å². The smallest absolute Gasteiger partial charge is 0.225 e. The molecule has 0 aliphatic rings. The molecular formula is C22H26ClN5. The molecule has 146 valence electrons. The first-order chi connectivity index (χ1) is 13.5. The van der Waals surface area contributed by atoms with E-state index in [4.69, 9.17) is 16.6 Å². The van der Waals surface area contributed by atoms with Crippen LogP contribution in [0.4, 0.5) is 17.5 Å². The van der Waals surface area contributed by atoms with Crippen LogP contribution in [0.15, 0.2) is 54.6 Å². The van der Waals surface area contributed by atoms with Gasteiger partial charge in [-0.3, -0.25) is 0 Å². The maximum Gasteiger partial charge on any atom is 0.225 e. The molecule has 1 aromatic heterocycles. The summed E-state index contributed by atoms with van der Waals surface area (Å²) in [5, 5.41) is 7.42. The molecule has 0 aliphatic carbocycles. The number of anilines is 3. The van der Waals surface area contributed by atoms with Gasteiger partial charge in [0.05, 0.1) is 5.69 Å². The lowest BCUT2D eigenvalue weighted by Crippen LogP contribution is -2.17. The molecule has 28 heavy (non-hydrogen) atoms. The van der Waals surface area contributed by atoms with E-state index in [1.807, 2.05) is 61.5 Å². The average Bonchev–Trinajstić information content (AvgIpc) is 2.68. The van der Waals surface area contributed by atoms with Crippen molar-refractivity contribution in [3.05, 3.63) is 65.2 Å². The van der Waals surface area contributed by atoms with E-state index in [-0.39, 0.29) is 0 Å². The Balaban J connectivity index is 1.87. The Morgan fingerprint density at radius 3 is 2.54 bits per heavy atom. The van der Waals surface area contributed by atoms with Gasteiger partial charge in [-0.2, -0.15) is 4.98 Å². The van der Waals surface area contributed by atoms with Crippen LogP contribution in [-0.2, 0) is 0 Å². The summed E-state index contributed by atoms with van der Waals surface area (Å²) < 4.78 is 0. The van der Waals surface area contributed by atoms with Crippen LogP contribution in [0.1, 0.15) is 12.0 Å². The van der Waals surface area contributed by atoms with Crippen LogP contribution in [0, 0.1) is 6.92 Å². The average molecular weight is 396 g/mol. The molecule has 0 atom stereocenters. The minimum atomic E-state index is 0.613. The van der Waals surface area contributed by atoms with Gasteiger partial charge in [-0.05, 0) is 51.7 Å². The van der Waals surface area contributed by atoms with E-state index in [1.165, 1.54) is 0 Å². The van der Waals surface area contributed by atoms with Gasteiger partial charge in [-0.25, -0.2) is 4.98 Å². The highest BCUT2D eigenvalue weighted by molar-refractivity contribution is 6.30. The summed E-state index contributed by atoms with van der Waals surface area (Å²) in [5.41, 5.74) is 3.95. The lowest BCUT2D eigenvalue weighted by Gasteiger charge is -2.14. The minimum Gasteiger partial charge on any atom is -0.354 e.